The first-order valence-corrected chi connectivity index (χ1v) is 7.54. The van der Waals surface area contributed by atoms with Crippen LogP contribution in [0.4, 0.5) is 10.5 Å². The van der Waals surface area contributed by atoms with Crippen LogP contribution in [0.2, 0.25) is 0 Å². The molecule has 0 radical (unpaired) electrons. The molecule has 0 aliphatic heterocycles. The number of aryl methyl sites for hydroxylation is 2. The zero-order valence-corrected chi connectivity index (χ0v) is 13.9. The number of aliphatic hydroxyl groups is 1. The number of carbonyl (C=O) groups excluding carboxylic acids is 1. The fourth-order valence-corrected chi connectivity index (χ4v) is 2.18. The third kappa shape index (κ3) is 4.56. The van der Waals surface area contributed by atoms with Crippen LogP contribution in [0, 0.1) is 13.8 Å². The van der Waals surface area contributed by atoms with Crippen LogP contribution in [0.15, 0.2) is 28.9 Å². The Morgan fingerprint density at radius 1 is 1.35 bits per heavy atom. The molecule has 1 heterocycles. The van der Waals surface area contributed by atoms with Crippen molar-refractivity contribution in [3.05, 3.63) is 35.7 Å². The third-order valence-corrected chi connectivity index (χ3v) is 3.54. The van der Waals surface area contributed by atoms with Gasteiger partial charge in [-0.15, -0.1) is 0 Å². The molecule has 0 aliphatic rings. The number of aliphatic hydroxyl groups excluding tert-OH is 1. The smallest absolute Gasteiger partial charge is 0.319 e. The molecule has 1 aromatic heterocycles. The summed E-state index contributed by atoms with van der Waals surface area (Å²) in [5.74, 6) is 0.520. The number of hydrogen-bond acceptors (Lipinski definition) is 4. The fraction of sp³-hybridized carbons (Fsp3) is 0.412. The molecule has 124 valence electrons. The molecule has 0 fully saturated rings. The van der Waals surface area contributed by atoms with Gasteiger partial charge in [-0.1, -0.05) is 6.07 Å². The highest BCUT2D eigenvalue weighted by molar-refractivity contribution is 5.91. The molecule has 0 spiro atoms. The summed E-state index contributed by atoms with van der Waals surface area (Å²) >= 11 is 0. The number of benzene rings is 1. The van der Waals surface area contributed by atoms with E-state index in [0.29, 0.717) is 18.0 Å². The van der Waals surface area contributed by atoms with Crippen LogP contribution >= 0.6 is 0 Å². The summed E-state index contributed by atoms with van der Waals surface area (Å²) in [4.78, 5) is 16.5. The minimum absolute atomic E-state index is 0.0192. The SMILES string of the molecule is Cc1coc(-c2ccc(C)c(NC(=O)NC(C)(C)CCO)c2)n1. The highest BCUT2D eigenvalue weighted by Gasteiger charge is 2.20. The number of rotatable bonds is 5. The third-order valence-electron chi connectivity index (χ3n) is 3.54. The molecule has 6 heteroatoms. The lowest BCUT2D eigenvalue weighted by atomic mass is 10.0. The zero-order valence-electron chi connectivity index (χ0n) is 13.9. The van der Waals surface area contributed by atoms with Gasteiger partial charge < -0.3 is 20.2 Å². The molecule has 0 saturated heterocycles. The van der Waals surface area contributed by atoms with E-state index in [0.717, 1.165) is 16.8 Å². The van der Waals surface area contributed by atoms with Crippen molar-refractivity contribution in [3.8, 4) is 11.5 Å². The van der Waals surface area contributed by atoms with Gasteiger partial charge in [0, 0.05) is 23.4 Å². The summed E-state index contributed by atoms with van der Waals surface area (Å²) in [7, 11) is 0. The Kier molecular flexibility index (Phi) is 5.05. The number of amides is 2. The van der Waals surface area contributed by atoms with Gasteiger partial charge in [0.25, 0.3) is 0 Å². The van der Waals surface area contributed by atoms with Crippen molar-refractivity contribution >= 4 is 11.7 Å². The summed E-state index contributed by atoms with van der Waals surface area (Å²) in [6.45, 7) is 7.52. The summed E-state index contributed by atoms with van der Waals surface area (Å²) in [6, 6.07) is 5.33. The lowest BCUT2D eigenvalue weighted by Gasteiger charge is -2.25. The van der Waals surface area contributed by atoms with Gasteiger partial charge in [-0.2, -0.15) is 0 Å². The van der Waals surface area contributed by atoms with Gasteiger partial charge in [-0.05, 0) is 51.8 Å². The van der Waals surface area contributed by atoms with Gasteiger partial charge in [0.05, 0.1) is 5.69 Å². The number of nitrogens with zero attached hydrogens (tertiary/aromatic N) is 1. The molecule has 2 amide bonds. The molecule has 0 saturated carbocycles. The number of urea groups is 1. The predicted octanol–water partition coefficient (Wildman–Crippen LogP) is 3.24. The van der Waals surface area contributed by atoms with E-state index in [4.69, 9.17) is 9.52 Å². The van der Waals surface area contributed by atoms with E-state index < -0.39 is 5.54 Å². The van der Waals surface area contributed by atoms with Crippen LogP contribution in [0.25, 0.3) is 11.5 Å². The predicted molar refractivity (Wildman–Crippen MR) is 89.3 cm³/mol. The molecular formula is C17H23N3O3. The summed E-state index contributed by atoms with van der Waals surface area (Å²) < 4.78 is 5.40. The highest BCUT2D eigenvalue weighted by atomic mass is 16.3. The van der Waals surface area contributed by atoms with E-state index in [1.165, 1.54) is 0 Å². The normalized spacial score (nSPS) is 11.3. The maximum absolute atomic E-state index is 12.2. The first kappa shape index (κ1) is 17.0. The van der Waals surface area contributed by atoms with Gasteiger partial charge in [-0.25, -0.2) is 9.78 Å². The van der Waals surface area contributed by atoms with Crippen LogP contribution in [0.1, 0.15) is 31.5 Å². The van der Waals surface area contributed by atoms with Gasteiger partial charge in [-0.3, -0.25) is 0 Å². The summed E-state index contributed by atoms with van der Waals surface area (Å²) in [5, 5.41) is 14.7. The average Bonchev–Trinajstić information content (AvgIpc) is 2.87. The van der Waals surface area contributed by atoms with Crippen molar-refractivity contribution in [2.45, 2.75) is 39.7 Å². The standard InChI is InChI=1S/C17H23N3O3/c1-11-5-6-13(15-18-12(2)10-23-15)9-14(11)19-16(22)20-17(3,4)7-8-21/h5-6,9-10,21H,7-8H2,1-4H3,(H2,19,20,22). The monoisotopic (exact) mass is 317 g/mol. The first-order valence-electron chi connectivity index (χ1n) is 7.54. The molecule has 23 heavy (non-hydrogen) atoms. The molecule has 0 bridgehead atoms. The molecule has 1 aromatic carbocycles. The van der Waals surface area contributed by atoms with Crippen molar-refractivity contribution in [2.24, 2.45) is 0 Å². The number of carbonyl (C=O) groups is 1. The van der Waals surface area contributed by atoms with E-state index >= 15 is 0 Å². The van der Waals surface area contributed by atoms with Crippen LogP contribution in [0.5, 0.6) is 0 Å². The number of aromatic nitrogens is 1. The van der Waals surface area contributed by atoms with E-state index in [1.807, 2.05) is 45.9 Å². The van der Waals surface area contributed by atoms with E-state index in [9.17, 15) is 4.79 Å². The largest absolute Gasteiger partial charge is 0.444 e. The van der Waals surface area contributed by atoms with Crippen molar-refractivity contribution in [2.75, 3.05) is 11.9 Å². The molecular weight excluding hydrogens is 294 g/mol. The topological polar surface area (TPSA) is 87.4 Å². The van der Waals surface area contributed by atoms with Crippen LogP contribution in [-0.4, -0.2) is 28.3 Å². The Labute approximate surface area is 135 Å². The maximum Gasteiger partial charge on any atom is 0.319 e. The number of nitrogens with one attached hydrogen (secondary N) is 2. The van der Waals surface area contributed by atoms with Gasteiger partial charge in [0.1, 0.15) is 6.26 Å². The van der Waals surface area contributed by atoms with Crippen LogP contribution in [0.3, 0.4) is 0 Å². The molecule has 0 atom stereocenters. The van der Waals surface area contributed by atoms with Crippen molar-refractivity contribution < 1.29 is 14.3 Å². The second-order valence-corrected chi connectivity index (χ2v) is 6.26. The molecule has 2 aromatic rings. The fourth-order valence-electron chi connectivity index (χ4n) is 2.18. The molecule has 2 rings (SSSR count). The van der Waals surface area contributed by atoms with E-state index in [2.05, 4.69) is 15.6 Å². The molecule has 6 nitrogen and oxygen atoms in total. The van der Waals surface area contributed by atoms with Crippen LogP contribution < -0.4 is 10.6 Å². The van der Waals surface area contributed by atoms with E-state index in [1.54, 1.807) is 6.26 Å². The molecule has 3 N–H and O–H groups in total. The Morgan fingerprint density at radius 2 is 2.09 bits per heavy atom. The molecule has 0 aliphatic carbocycles. The average molecular weight is 317 g/mol. The second-order valence-electron chi connectivity index (χ2n) is 6.26. The lowest BCUT2D eigenvalue weighted by molar-refractivity contribution is 0.218. The number of hydrogen-bond donors (Lipinski definition) is 3. The minimum Gasteiger partial charge on any atom is -0.444 e. The zero-order chi connectivity index (χ0) is 17.0. The number of oxazole rings is 1. The van der Waals surface area contributed by atoms with Gasteiger partial charge >= 0.3 is 6.03 Å². The van der Waals surface area contributed by atoms with Gasteiger partial charge in [0.15, 0.2) is 0 Å². The van der Waals surface area contributed by atoms with Crippen LogP contribution in [-0.2, 0) is 0 Å². The van der Waals surface area contributed by atoms with Crippen molar-refractivity contribution in [1.82, 2.24) is 10.3 Å². The quantitative estimate of drug-likeness (QED) is 0.790. The lowest BCUT2D eigenvalue weighted by Crippen LogP contribution is -2.46. The first-order chi connectivity index (χ1) is 10.8. The summed E-state index contributed by atoms with van der Waals surface area (Å²) in [5.41, 5.74) is 2.75. The van der Waals surface area contributed by atoms with Gasteiger partial charge in [0.2, 0.25) is 5.89 Å². The van der Waals surface area contributed by atoms with Crippen molar-refractivity contribution in [1.29, 1.82) is 0 Å². The Balaban J connectivity index is 2.15. The second kappa shape index (κ2) is 6.83. The highest BCUT2D eigenvalue weighted by Crippen LogP contribution is 2.25. The Hall–Kier alpha value is -2.34. The molecule has 0 unspecified atom stereocenters. The van der Waals surface area contributed by atoms with Crippen molar-refractivity contribution in [3.63, 3.8) is 0 Å². The summed E-state index contributed by atoms with van der Waals surface area (Å²) in [6.07, 6.45) is 2.07. The Bertz CT molecular complexity index is 692. The van der Waals surface area contributed by atoms with E-state index in [-0.39, 0.29) is 12.6 Å². The Morgan fingerprint density at radius 3 is 2.70 bits per heavy atom. The minimum atomic E-state index is -0.482. The maximum atomic E-state index is 12.2. The number of anilines is 1.